The van der Waals surface area contributed by atoms with Crippen molar-refractivity contribution >= 4 is 17.2 Å². The number of anilines is 2. The Morgan fingerprint density at radius 3 is 2.65 bits per heavy atom. The van der Waals surface area contributed by atoms with Gasteiger partial charge in [0.25, 0.3) is 0 Å². The zero-order chi connectivity index (χ0) is 22.0. The molecule has 0 amide bonds. The first-order valence-electron chi connectivity index (χ1n) is 9.53. The van der Waals surface area contributed by atoms with Crippen molar-refractivity contribution in [2.75, 3.05) is 18.5 Å². The van der Waals surface area contributed by atoms with Crippen LogP contribution in [0.3, 0.4) is 0 Å². The molecule has 0 saturated carbocycles. The predicted octanol–water partition coefficient (Wildman–Crippen LogP) is 3.56. The van der Waals surface area contributed by atoms with E-state index in [2.05, 4.69) is 5.32 Å². The molecule has 3 aromatic carbocycles. The first-order chi connectivity index (χ1) is 14.9. The molecule has 31 heavy (non-hydrogen) atoms. The maximum atomic E-state index is 13.9. The third-order valence-electron chi connectivity index (χ3n) is 4.79. The molecule has 0 radical (unpaired) electrons. The van der Waals surface area contributed by atoms with Crippen LogP contribution >= 0.6 is 0 Å². The van der Waals surface area contributed by atoms with Crippen LogP contribution in [0.1, 0.15) is 21.5 Å². The van der Waals surface area contributed by atoms with E-state index in [1.54, 1.807) is 36.4 Å². The molecular weight excluding hydrogens is 408 g/mol. The van der Waals surface area contributed by atoms with E-state index in [1.807, 2.05) is 0 Å². The summed E-state index contributed by atoms with van der Waals surface area (Å²) < 4.78 is 38.3. The summed E-state index contributed by atoms with van der Waals surface area (Å²) in [5.41, 5.74) is 1.99. The minimum absolute atomic E-state index is 0.0840. The normalized spacial score (nSPS) is 13.5. The minimum Gasteiger partial charge on any atom is -0.491 e. The van der Waals surface area contributed by atoms with Crippen molar-refractivity contribution in [2.24, 2.45) is 0 Å². The summed E-state index contributed by atoms with van der Waals surface area (Å²) in [4.78, 5) is 13.0. The van der Waals surface area contributed by atoms with E-state index in [0.717, 1.165) is 12.1 Å². The maximum absolute atomic E-state index is 13.9. The van der Waals surface area contributed by atoms with Gasteiger partial charge in [0.1, 0.15) is 42.5 Å². The SMILES string of the molecule is O=C1c2ccc(OC[C@@H](O)CO)cc2COc2cc(Nc3ccc(F)cc3F)ccc21. The van der Waals surface area contributed by atoms with E-state index < -0.39 is 24.3 Å². The quantitative estimate of drug-likeness (QED) is 0.558. The van der Waals surface area contributed by atoms with Crippen LogP contribution in [0.5, 0.6) is 11.5 Å². The molecule has 0 fully saturated rings. The van der Waals surface area contributed by atoms with Crippen LogP contribution in [0.25, 0.3) is 0 Å². The van der Waals surface area contributed by atoms with Gasteiger partial charge in [-0.1, -0.05) is 0 Å². The summed E-state index contributed by atoms with van der Waals surface area (Å²) >= 11 is 0. The number of halogens is 2. The second-order valence-corrected chi connectivity index (χ2v) is 7.04. The van der Waals surface area contributed by atoms with Gasteiger partial charge < -0.3 is 25.0 Å². The summed E-state index contributed by atoms with van der Waals surface area (Å²) in [6.07, 6.45) is -1.00. The van der Waals surface area contributed by atoms with E-state index in [9.17, 15) is 18.7 Å². The molecule has 0 unspecified atom stereocenters. The number of hydrogen-bond donors (Lipinski definition) is 3. The van der Waals surface area contributed by atoms with Gasteiger partial charge in [0.2, 0.25) is 0 Å². The fraction of sp³-hybridized carbons (Fsp3) is 0.174. The highest BCUT2D eigenvalue weighted by Gasteiger charge is 2.23. The van der Waals surface area contributed by atoms with Crippen molar-refractivity contribution in [1.29, 1.82) is 0 Å². The summed E-state index contributed by atoms with van der Waals surface area (Å²) in [6.45, 7) is -0.401. The number of ether oxygens (including phenoxy) is 2. The number of rotatable bonds is 6. The van der Waals surface area contributed by atoms with Crippen molar-refractivity contribution in [3.63, 3.8) is 0 Å². The lowest BCUT2D eigenvalue weighted by Gasteiger charge is -2.12. The second-order valence-electron chi connectivity index (χ2n) is 7.04. The molecule has 6 nitrogen and oxygen atoms in total. The highest BCUT2D eigenvalue weighted by molar-refractivity contribution is 6.12. The second kappa shape index (κ2) is 8.71. The van der Waals surface area contributed by atoms with Crippen LogP contribution in [-0.4, -0.2) is 35.3 Å². The number of carbonyl (C=O) groups excluding carboxylic acids is 1. The Morgan fingerprint density at radius 2 is 1.87 bits per heavy atom. The monoisotopic (exact) mass is 427 g/mol. The summed E-state index contributed by atoms with van der Waals surface area (Å²) in [6, 6.07) is 12.9. The average molecular weight is 427 g/mol. The molecule has 0 spiro atoms. The standard InChI is InChI=1S/C23H19F2NO5/c24-14-1-6-21(20(25)8-14)26-15-2-4-19-22(9-15)31-11-13-7-17(30-12-16(28)10-27)3-5-18(13)23(19)29/h1-9,16,26-28H,10-12H2/t16-/m0/s1. The fourth-order valence-corrected chi connectivity index (χ4v) is 3.20. The number of benzene rings is 3. The number of aliphatic hydroxyl groups excluding tert-OH is 2. The van der Waals surface area contributed by atoms with Gasteiger partial charge in [0.15, 0.2) is 5.78 Å². The summed E-state index contributed by atoms with van der Waals surface area (Å²) in [5, 5.41) is 21.2. The Bertz CT molecular complexity index is 1130. The van der Waals surface area contributed by atoms with E-state index in [1.165, 1.54) is 6.07 Å². The topological polar surface area (TPSA) is 88.0 Å². The highest BCUT2D eigenvalue weighted by Crippen LogP contribution is 2.33. The number of nitrogens with one attached hydrogen (secondary N) is 1. The molecule has 0 aromatic heterocycles. The van der Waals surface area contributed by atoms with E-state index in [4.69, 9.17) is 14.6 Å². The third kappa shape index (κ3) is 4.50. The van der Waals surface area contributed by atoms with Gasteiger partial charge in [-0.25, -0.2) is 8.78 Å². The van der Waals surface area contributed by atoms with Crippen molar-refractivity contribution in [3.8, 4) is 11.5 Å². The smallest absolute Gasteiger partial charge is 0.197 e. The average Bonchev–Trinajstić information content (AvgIpc) is 2.90. The first kappa shape index (κ1) is 20.8. The first-order valence-corrected chi connectivity index (χ1v) is 9.53. The summed E-state index contributed by atoms with van der Waals surface area (Å²) in [7, 11) is 0. The Morgan fingerprint density at radius 1 is 1.06 bits per heavy atom. The third-order valence-corrected chi connectivity index (χ3v) is 4.79. The Balaban J connectivity index is 1.56. The van der Waals surface area contributed by atoms with E-state index in [-0.39, 0.29) is 24.7 Å². The number of hydrogen-bond acceptors (Lipinski definition) is 6. The number of carbonyl (C=O) groups is 1. The van der Waals surface area contributed by atoms with Crippen LogP contribution in [0, 0.1) is 11.6 Å². The Hall–Kier alpha value is -3.49. The molecule has 160 valence electrons. The lowest BCUT2D eigenvalue weighted by molar-refractivity contribution is 0.0535. The van der Waals surface area contributed by atoms with Crippen LogP contribution in [0.2, 0.25) is 0 Å². The molecule has 3 N–H and O–H groups in total. The minimum atomic E-state index is -1.00. The maximum Gasteiger partial charge on any atom is 0.197 e. The van der Waals surface area contributed by atoms with Gasteiger partial charge in [-0.3, -0.25) is 4.79 Å². The van der Waals surface area contributed by atoms with Crippen molar-refractivity contribution in [2.45, 2.75) is 12.7 Å². The van der Waals surface area contributed by atoms with Gasteiger partial charge >= 0.3 is 0 Å². The fourth-order valence-electron chi connectivity index (χ4n) is 3.20. The lowest BCUT2D eigenvalue weighted by atomic mass is 9.98. The van der Waals surface area contributed by atoms with Crippen molar-refractivity contribution in [1.82, 2.24) is 0 Å². The summed E-state index contributed by atoms with van der Waals surface area (Å²) in [5.74, 6) is -0.886. The lowest BCUT2D eigenvalue weighted by Crippen LogP contribution is -2.21. The van der Waals surface area contributed by atoms with E-state index >= 15 is 0 Å². The zero-order valence-electron chi connectivity index (χ0n) is 16.3. The number of ketones is 1. The molecule has 1 atom stereocenters. The van der Waals surface area contributed by atoms with Gasteiger partial charge in [-0.2, -0.15) is 0 Å². The molecule has 8 heteroatoms. The van der Waals surface area contributed by atoms with Gasteiger partial charge in [0, 0.05) is 28.9 Å². The zero-order valence-corrected chi connectivity index (χ0v) is 16.3. The molecule has 3 aromatic rings. The van der Waals surface area contributed by atoms with Crippen LogP contribution in [-0.2, 0) is 6.61 Å². The largest absolute Gasteiger partial charge is 0.491 e. The molecular formula is C23H19F2NO5. The highest BCUT2D eigenvalue weighted by atomic mass is 19.1. The number of fused-ring (bicyclic) bond motifs is 2. The molecule has 0 bridgehead atoms. The van der Waals surface area contributed by atoms with Crippen LogP contribution in [0.15, 0.2) is 54.6 Å². The number of aliphatic hydroxyl groups is 2. The Kier molecular flexibility index (Phi) is 5.83. The van der Waals surface area contributed by atoms with Gasteiger partial charge in [-0.05, 0) is 42.5 Å². The van der Waals surface area contributed by atoms with E-state index in [0.29, 0.717) is 33.9 Å². The van der Waals surface area contributed by atoms with Gasteiger partial charge in [-0.15, -0.1) is 0 Å². The molecule has 0 saturated heterocycles. The van der Waals surface area contributed by atoms with Crippen molar-refractivity contribution < 1.29 is 33.3 Å². The van der Waals surface area contributed by atoms with Crippen LogP contribution in [0.4, 0.5) is 20.2 Å². The Labute approximate surface area is 176 Å². The molecule has 1 aliphatic heterocycles. The molecule has 1 heterocycles. The molecule has 1 aliphatic rings. The van der Waals surface area contributed by atoms with Crippen molar-refractivity contribution in [3.05, 3.63) is 82.9 Å². The molecule has 0 aliphatic carbocycles. The van der Waals surface area contributed by atoms with Crippen LogP contribution < -0.4 is 14.8 Å². The van der Waals surface area contributed by atoms with Gasteiger partial charge in [0.05, 0.1) is 17.9 Å². The predicted molar refractivity (Wildman–Crippen MR) is 109 cm³/mol. The molecule has 4 rings (SSSR count).